The predicted molar refractivity (Wildman–Crippen MR) is 85.5 cm³/mol. The average molecular weight is 295 g/mol. The third-order valence-electron chi connectivity index (χ3n) is 4.03. The van der Waals surface area contributed by atoms with Crippen LogP contribution in [0.4, 0.5) is 5.95 Å². The van der Waals surface area contributed by atoms with Gasteiger partial charge in [-0.25, -0.2) is 4.68 Å². The van der Waals surface area contributed by atoms with Crippen LogP contribution in [-0.4, -0.2) is 32.3 Å². The third-order valence-corrected chi connectivity index (χ3v) is 4.03. The lowest BCUT2D eigenvalue weighted by atomic mass is 10.3. The summed E-state index contributed by atoms with van der Waals surface area (Å²) in [4.78, 5) is 22.1. The van der Waals surface area contributed by atoms with E-state index >= 15 is 0 Å². The second-order valence-electron chi connectivity index (χ2n) is 5.54. The summed E-state index contributed by atoms with van der Waals surface area (Å²) in [5.74, 6) is 0.639. The normalized spacial score (nSPS) is 14.4. The topological polar surface area (TPSA) is 66.8 Å². The van der Waals surface area contributed by atoms with Crippen LogP contribution in [0.5, 0.6) is 0 Å². The van der Waals surface area contributed by atoms with E-state index in [9.17, 15) is 4.79 Å². The zero-order valence-electron chi connectivity index (χ0n) is 12.4. The molecule has 1 saturated carbocycles. The van der Waals surface area contributed by atoms with Crippen molar-refractivity contribution in [3.8, 4) is 5.69 Å². The fourth-order valence-corrected chi connectivity index (χ4v) is 2.77. The molecule has 1 fully saturated rings. The number of benzene rings is 1. The first-order chi connectivity index (χ1) is 10.8. The standard InChI is InChI=1S/C16H17N5O/c1-2-20(11-8-9-11)16-18-14-13(15(22)19-16)10-17-21(14)12-6-4-3-5-7-12/h3-7,10-11H,2,8-9H2,1H3,(H,18,19,22). The summed E-state index contributed by atoms with van der Waals surface area (Å²) in [5.41, 5.74) is 1.36. The van der Waals surface area contributed by atoms with Crippen molar-refractivity contribution in [2.75, 3.05) is 11.4 Å². The molecule has 1 aliphatic carbocycles. The minimum Gasteiger partial charge on any atom is -0.340 e. The highest BCUT2D eigenvalue weighted by molar-refractivity contribution is 5.76. The maximum atomic E-state index is 12.3. The number of aromatic nitrogens is 4. The van der Waals surface area contributed by atoms with Gasteiger partial charge in [0.1, 0.15) is 5.39 Å². The first kappa shape index (κ1) is 13.1. The SMILES string of the molecule is CCN(c1nc2c(cnn2-c2ccccc2)c(=O)[nH]1)C1CC1. The number of nitrogens with zero attached hydrogens (tertiary/aromatic N) is 4. The molecular weight excluding hydrogens is 278 g/mol. The highest BCUT2D eigenvalue weighted by Gasteiger charge is 2.30. The van der Waals surface area contributed by atoms with E-state index in [1.807, 2.05) is 30.3 Å². The van der Waals surface area contributed by atoms with Gasteiger partial charge in [0.05, 0.1) is 11.9 Å². The summed E-state index contributed by atoms with van der Waals surface area (Å²) < 4.78 is 1.72. The van der Waals surface area contributed by atoms with Crippen LogP contribution in [0.25, 0.3) is 16.7 Å². The molecule has 4 rings (SSSR count). The van der Waals surface area contributed by atoms with Gasteiger partial charge in [0, 0.05) is 12.6 Å². The Kier molecular flexibility index (Phi) is 2.96. The van der Waals surface area contributed by atoms with E-state index in [1.165, 1.54) is 0 Å². The molecule has 0 amide bonds. The minimum absolute atomic E-state index is 0.138. The maximum absolute atomic E-state index is 12.3. The van der Waals surface area contributed by atoms with Gasteiger partial charge in [0.2, 0.25) is 5.95 Å². The van der Waals surface area contributed by atoms with Gasteiger partial charge in [-0.15, -0.1) is 0 Å². The number of hydrogen-bond acceptors (Lipinski definition) is 4. The second-order valence-corrected chi connectivity index (χ2v) is 5.54. The predicted octanol–water partition coefficient (Wildman–Crippen LogP) is 2.10. The number of para-hydroxylation sites is 1. The summed E-state index contributed by atoms with van der Waals surface area (Å²) in [5, 5.41) is 4.84. The molecule has 6 nitrogen and oxygen atoms in total. The van der Waals surface area contributed by atoms with Crippen molar-refractivity contribution >= 4 is 17.0 Å². The number of nitrogens with one attached hydrogen (secondary N) is 1. The van der Waals surface area contributed by atoms with Crippen LogP contribution in [0.1, 0.15) is 19.8 Å². The van der Waals surface area contributed by atoms with E-state index in [1.54, 1.807) is 10.9 Å². The van der Waals surface area contributed by atoms with Gasteiger partial charge in [-0.3, -0.25) is 9.78 Å². The van der Waals surface area contributed by atoms with E-state index in [0.717, 1.165) is 25.1 Å². The highest BCUT2D eigenvalue weighted by Crippen LogP contribution is 2.29. The average Bonchev–Trinajstić information content (AvgIpc) is 3.27. The van der Waals surface area contributed by atoms with Crippen LogP contribution in [0.3, 0.4) is 0 Å². The van der Waals surface area contributed by atoms with Gasteiger partial charge in [-0.2, -0.15) is 10.1 Å². The first-order valence-corrected chi connectivity index (χ1v) is 7.58. The summed E-state index contributed by atoms with van der Waals surface area (Å²) in [6.07, 6.45) is 3.90. The number of fused-ring (bicyclic) bond motifs is 1. The lowest BCUT2D eigenvalue weighted by Crippen LogP contribution is -2.29. The lowest BCUT2D eigenvalue weighted by molar-refractivity contribution is 0.783. The Labute approximate surface area is 127 Å². The van der Waals surface area contributed by atoms with Gasteiger partial charge in [0.25, 0.3) is 5.56 Å². The van der Waals surface area contributed by atoms with Crippen LogP contribution >= 0.6 is 0 Å². The molecular formula is C16H17N5O. The largest absolute Gasteiger partial charge is 0.340 e. The van der Waals surface area contributed by atoms with Crippen molar-refractivity contribution in [1.29, 1.82) is 0 Å². The van der Waals surface area contributed by atoms with Crippen molar-refractivity contribution in [2.24, 2.45) is 0 Å². The molecule has 0 bridgehead atoms. The molecule has 1 aliphatic rings. The Balaban J connectivity index is 1.90. The van der Waals surface area contributed by atoms with E-state index in [2.05, 4.69) is 26.9 Å². The van der Waals surface area contributed by atoms with Crippen LogP contribution in [0, 0.1) is 0 Å². The zero-order chi connectivity index (χ0) is 15.1. The second kappa shape index (κ2) is 4.98. The van der Waals surface area contributed by atoms with Gasteiger partial charge in [0.15, 0.2) is 5.65 Å². The van der Waals surface area contributed by atoms with Gasteiger partial charge >= 0.3 is 0 Å². The lowest BCUT2D eigenvalue weighted by Gasteiger charge is -2.20. The first-order valence-electron chi connectivity index (χ1n) is 7.58. The Hall–Kier alpha value is -2.63. The van der Waals surface area contributed by atoms with Crippen molar-refractivity contribution in [3.05, 3.63) is 46.9 Å². The number of H-pyrrole nitrogens is 1. The van der Waals surface area contributed by atoms with Crippen LogP contribution < -0.4 is 10.5 Å². The molecule has 1 aromatic carbocycles. The molecule has 0 spiro atoms. The van der Waals surface area contributed by atoms with E-state index in [4.69, 9.17) is 0 Å². The summed E-state index contributed by atoms with van der Waals surface area (Å²) >= 11 is 0. The Morgan fingerprint density at radius 2 is 2.09 bits per heavy atom. The van der Waals surface area contributed by atoms with Crippen LogP contribution in [-0.2, 0) is 0 Å². The summed E-state index contributed by atoms with van der Waals surface area (Å²) in [6.45, 7) is 2.91. The summed E-state index contributed by atoms with van der Waals surface area (Å²) in [7, 11) is 0. The molecule has 0 aliphatic heterocycles. The number of hydrogen-bond donors (Lipinski definition) is 1. The smallest absolute Gasteiger partial charge is 0.263 e. The van der Waals surface area contributed by atoms with Crippen molar-refractivity contribution in [3.63, 3.8) is 0 Å². The molecule has 6 heteroatoms. The van der Waals surface area contributed by atoms with Crippen molar-refractivity contribution in [1.82, 2.24) is 19.7 Å². The highest BCUT2D eigenvalue weighted by atomic mass is 16.1. The zero-order valence-corrected chi connectivity index (χ0v) is 12.4. The van der Waals surface area contributed by atoms with Gasteiger partial charge < -0.3 is 4.90 Å². The van der Waals surface area contributed by atoms with Crippen molar-refractivity contribution < 1.29 is 0 Å². The molecule has 22 heavy (non-hydrogen) atoms. The molecule has 0 unspecified atom stereocenters. The molecule has 0 radical (unpaired) electrons. The molecule has 0 saturated heterocycles. The number of aromatic amines is 1. The van der Waals surface area contributed by atoms with E-state index in [0.29, 0.717) is 23.0 Å². The number of rotatable bonds is 4. The molecule has 2 aromatic heterocycles. The molecule has 0 atom stereocenters. The van der Waals surface area contributed by atoms with Crippen LogP contribution in [0.2, 0.25) is 0 Å². The third kappa shape index (κ3) is 2.07. The quantitative estimate of drug-likeness (QED) is 0.800. The minimum atomic E-state index is -0.138. The maximum Gasteiger partial charge on any atom is 0.263 e. The monoisotopic (exact) mass is 295 g/mol. The molecule has 1 N–H and O–H groups in total. The van der Waals surface area contributed by atoms with Gasteiger partial charge in [-0.05, 0) is 31.9 Å². The fraction of sp³-hybridized carbons (Fsp3) is 0.312. The molecule has 112 valence electrons. The molecule has 2 heterocycles. The van der Waals surface area contributed by atoms with E-state index < -0.39 is 0 Å². The van der Waals surface area contributed by atoms with Crippen LogP contribution in [0.15, 0.2) is 41.3 Å². The Morgan fingerprint density at radius 1 is 1.32 bits per heavy atom. The van der Waals surface area contributed by atoms with Crippen molar-refractivity contribution in [2.45, 2.75) is 25.8 Å². The Morgan fingerprint density at radius 3 is 2.77 bits per heavy atom. The number of anilines is 1. The summed E-state index contributed by atoms with van der Waals surface area (Å²) in [6, 6.07) is 10.2. The van der Waals surface area contributed by atoms with E-state index in [-0.39, 0.29) is 5.56 Å². The Bertz CT molecular complexity index is 863. The fourth-order valence-electron chi connectivity index (χ4n) is 2.77. The molecule has 3 aromatic rings. The van der Waals surface area contributed by atoms with Gasteiger partial charge in [-0.1, -0.05) is 18.2 Å².